The van der Waals surface area contributed by atoms with Gasteiger partial charge in [-0.25, -0.2) is 4.79 Å². The van der Waals surface area contributed by atoms with E-state index in [1.165, 1.54) is 33.3 Å². The number of carbonyl (C=O) groups excluding carboxylic acids is 1. The van der Waals surface area contributed by atoms with Crippen LogP contribution in [0.1, 0.15) is 48.9 Å². The normalized spacial score (nSPS) is 14.3. The first kappa shape index (κ1) is 33.1. The maximum atomic E-state index is 12.1. The van der Waals surface area contributed by atoms with Gasteiger partial charge in [-0.2, -0.15) is 0 Å². The van der Waals surface area contributed by atoms with Gasteiger partial charge >= 0.3 is 200 Å². The van der Waals surface area contributed by atoms with Crippen molar-refractivity contribution in [1.29, 1.82) is 0 Å². The first-order chi connectivity index (χ1) is 22.4. The second kappa shape index (κ2) is 15.3. The zero-order chi connectivity index (χ0) is 32.5. The van der Waals surface area contributed by atoms with Crippen molar-refractivity contribution in [3.8, 4) is 22.6 Å². The van der Waals surface area contributed by atoms with Crippen LogP contribution in [0.15, 0.2) is 121 Å². The summed E-state index contributed by atoms with van der Waals surface area (Å²) in [7, 11) is 0. The standard InChI is InChI=1S/C38H39O4.C2H3.Co.O/c1-5-27(4)24-40-31-20-16-29(17-21-31)38(35-14-10-8-12-33(35)34-13-9-11-15-36(34)38)30-18-22-32(23-19-30)41-25-28(6-2)26-42-37(39)7-3;1-2;;/h7-23,27-28H,3-6,24-26H2,1-2H3;1H,2H2;;. The first-order valence-electron chi connectivity index (χ1n) is 15.8. The average Bonchev–Trinajstić information content (AvgIpc) is 3.41. The van der Waals surface area contributed by atoms with Gasteiger partial charge in [-0.05, 0) is 6.42 Å². The molecule has 0 amide bonds. The Morgan fingerprint density at radius 3 is 1.65 bits per heavy atom. The molecule has 1 aliphatic rings. The van der Waals surface area contributed by atoms with Crippen molar-refractivity contribution in [1.82, 2.24) is 0 Å². The number of rotatable bonds is 16. The summed E-state index contributed by atoms with van der Waals surface area (Å²) in [6.07, 6.45) is 2.90. The van der Waals surface area contributed by atoms with Crippen LogP contribution in [0, 0.1) is 11.8 Å². The van der Waals surface area contributed by atoms with Crippen LogP contribution in [0.2, 0.25) is 5.36 Å². The van der Waals surface area contributed by atoms with E-state index in [4.69, 9.17) is 14.2 Å². The number of ether oxygens (including phenoxy) is 3. The van der Waals surface area contributed by atoms with Crippen LogP contribution in [0.25, 0.3) is 11.1 Å². The minimum absolute atomic E-state index is 0.0847. The Labute approximate surface area is 276 Å². The fraction of sp³-hybridized carbons (Fsp3) is 0.275. The van der Waals surface area contributed by atoms with Gasteiger partial charge in [0.05, 0.1) is 13.2 Å². The third-order valence-corrected chi connectivity index (χ3v) is 10.3. The molecule has 46 heavy (non-hydrogen) atoms. The quantitative estimate of drug-likeness (QED) is 0.0780. The molecule has 1 aliphatic carbocycles. The molecule has 4 aromatic carbocycles. The van der Waals surface area contributed by atoms with Gasteiger partial charge in [0, 0.05) is 12.0 Å². The molecule has 0 aliphatic heterocycles. The molecular formula is C40H42CoO5. The summed E-state index contributed by atoms with van der Waals surface area (Å²) in [6, 6.07) is 34.1. The Kier molecular flexibility index (Phi) is 11.0. The van der Waals surface area contributed by atoms with E-state index in [0.29, 0.717) is 25.2 Å². The molecular weight excluding hydrogens is 619 g/mol. The maximum absolute atomic E-state index is 12.1. The van der Waals surface area contributed by atoms with E-state index in [-0.39, 0.29) is 11.8 Å². The van der Waals surface area contributed by atoms with Gasteiger partial charge in [-0.3, -0.25) is 0 Å². The Hall–Kier alpha value is -4.26. The van der Waals surface area contributed by atoms with Crippen molar-refractivity contribution in [2.45, 2.75) is 37.5 Å². The molecule has 0 saturated heterocycles. The van der Waals surface area contributed by atoms with Crippen LogP contribution in [-0.2, 0) is 32.4 Å². The molecule has 0 fully saturated rings. The summed E-state index contributed by atoms with van der Waals surface area (Å²) in [6.45, 7) is 12.5. The summed E-state index contributed by atoms with van der Waals surface area (Å²) in [4.78, 5) is 11.5. The summed E-state index contributed by atoms with van der Waals surface area (Å²) in [5.41, 5.74) is 6.64. The van der Waals surface area contributed by atoms with E-state index >= 15 is 0 Å². The Morgan fingerprint density at radius 2 is 1.20 bits per heavy atom. The molecule has 0 saturated carbocycles. The number of hydrogen-bond donors (Lipinski definition) is 0. The van der Waals surface area contributed by atoms with Crippen LogP contribution in [0.5, 0.6) is 11.5 Å². The van der Waals surface area contributed by atoms with Gasteiger partial charge in [0.2, 0.25) is 0 Å². The molecule has 2 unspecified atom stereocenters. The van der Waals surface area contributed by atoms with E-state index in [0.717, 1.165) is 35.5 Å². The summed E-state index contributed by atoms with van der Waals surface area (Å²) in [5.74, 6) is 1.42. The second-order valence-corrected chi connectivity index (χ2v) is 13.3. The van der Waals surface area contributed by atoms with E-state index in [1.807, 2.05) is 24.3 Å². The van der Waals surface area contributed by atoms with Crippen molar-refractivity contribution in [2.24, 2.45) is 11.8 Å². The number of esters is 1. The molecule has 0 aromatic heterocycles. The van der Waals surface area contributed by atoms with Gasteiger partial charge in [0.1, 0.15) is 5.75 Å². The Bertz CT molecular complexity index is 1630. The van der Waals surface area contributed by atoms with E-state index in [9.17, 15) is 8.66 Å². The molecule has 0 heterocycles. The Morgan fingerprint density at radius 1 is 0.717 bits per heavy atom. The second-order valence-electron chi connectivity index (χ2n) is 11.5. The zero-order valence-corrected chi connectivity index (χ0v) is 27.6. The van der Waals surface area contributed by atoms with Crippen molar-refractivity contribution in [3.05, 3.63) is 144 Å². The predicted molar refractivity (Wildman–Crippen MR) is 179 cm³/mol. The third-order valence-electron chi connectivity index (χ3n) is 8.76. The number of carbonyl (C=O) groups is 1. The number of hydrogen-bond acceptors (Lipinski definition) is 5. The van der Waals surface area contributed by atoms with Gasteiger partial charge in [-0.15, -0.1) is 0 Å². The molecule has 241 valence electrons. The molecule has 2 atom stereocenters. The molecule has 0 N–H and O–H groups in total. The average molecular weight is 662 g/mol. The SMILES string of the molecule is C=CC(=O)OCC(CC)COc1ccc(C2(c3ccc(OCC(CC)[CH2][Co](=[O])[CH]=C)cc3)c3ccccc3-c3ccccc32)cc1. The van der Waals surface area contributed by atoms with Crippen molar-refractivity contribution in [2.75, 3.05) is 19.8 Å². The molecule has 0 spiro atoms. The van der Waals surface area contributed by atoms with E-state index in [2.05, 4.69) is 99.8 Å². The number of benzene rings is 4. The van der Waals surface area contributed by atoms with Crippen molar-refractivity contribution < 1.29 is 36.5 Å². The molecule has 5 rings (SSSR count). The predicted octanol–water partition coefficient (Wildman–Crippen LogP) is 9.11. The van der Waals surface area contributed by atoms with Gasteiger partial charge in [0.25, 0.3) is 0 Å². The molecule has 0 radical (unpaired) electrons. The van der Waals surface area contributed by atoms with Gasteiger partial charge in [0.15, 0.2) is 0 Å². The monoisotopic (exact) mass is 661 g/mol. The van der Waals surface area contributed by atoms with E-state index in [1.54, 1.807) is 0 Å². The summed E-state index contributed by atoms with van der Waals surface area (Å²) in [5, 5.41) is 2.12. The van der Waals surface area contributed by atoms with E-state index < -0.39 is 25.0 Å². The fourth-order valence-electron chi connectivity index (χ4n) is 6.10. The minimum atomic E-state index is -1.39. The van der Waals surface area contributed by atoms with Crippen LogP contribution in [-0.4, -0.2) is 25.8 Å². The molecule has 4 aromatic rings. The summed E-state index contributed by atoms with van der Waals surface area (Å²) < 4.78 is 29.7. The van der Waals surface area contributed by atoms with Crippen LogP contribution in [0.4, 0.5) is 0 Å². The van der Waals surface area contributed by atoms with Gasteiger partial charge < -0.3 is 9.47 Å². The van der Waals surface area contributed by atoms with Crippen LogP contribution in [0.3, 0.4) is 0 Å². The van der Waals surface area contributed by atoms with Crippen LogP contribution < -0.4 is 9.47 Å². The third kappa shape index (κ3) is 6.93. The van der Waals surface area contributed by atoms with Crippen molar-refractivity contribution in [3.63, 3.8) is 0 Å². The molecule has 5 nitrogen and oxygen atoms in total. The van der Waals surface area contributed by atoms with Gasteiger partial charge in [-0.1, -0.05) is 25.6 Å². The Balaban J connectivity index is 1.46. The summed E-state index contributed by atoms with van der Waals surface area (Å²) >= 11 is -1.39. The van der Waals surface area contributed by atoms with Crippen molar-refractivity contribution >= 4 is 5.97 Å². The number of fused-ring (bicyclic) bond motifs is 3. The first-order valence-corrected chi connectivity index (χ1v) is 17.5. The molecule has 0 bridgehead atoms. The molecule has 6 heteroatoms. The zero-order valence-electron chi connectivity index (χ0n) is 26.6. The van der Waals surface area contributed by atoms with Crippen LogP contribution >= 0.6 is 0 Å². The topological polar surface area (TPSA) is 61.8 Å². The fourth-order valence-corrected chi connectivity index (χ4v) is 7.28.